The van der Waals surface area contributed by atoms with Crippen LogP contribution in [0.4, 0.5) is 5.00 Å². The van der Waals surface area contributed by atoms with Crippen LogP contribution in [0.25, 0.3) is 0 Å². The van der Waals surface area contributed by atoms with E-state index in [2.05, 4.69) is 17.1 Å². The molecule has 0 bridgehead atoms. The number of primary amides is 1. The van der Waals surface area contributed by atoms with Gasteiger partial charge in [-0.15, -0.1) is 11.3 Å². The summed E-state index contributed by atoms with van der Waals surface area (Å²) in [6.45, 7) is 8.36. The average molecular weight is 381 g/mol. The summed E-state index contributed by atoms with van der Waals surface area (Å²) in [6.07, 6.45) is 3.02. The van der Waals surface area contributed by atoms with Crippen LogP contribution < -0.4 is 11.1 Å². The summed E-state index contributed by atoms with van der Waals surface area (Å²) in [5.74, 6) is -1.41. The van der Waals surface area contributed by atoms with Gasteiger partial charge < -0.3 is 15.8 Å². The second kappa shape index (κ2) is 8.64. The molecule has 1 aromatic rings. The Kier molecular flexibility index (Phi) is 6.77. The van der Waals surface area contributed by atoms with Crippen LogP contribution in [0, 0.1) is 6.92 Å². The third-order valence-corrected chi connectivity index (χ3v) is 5.68. The molecule has 1 atom stereocenters. The first-order chi connectivity index (χ1) is 12.2. The number of carbonyl (C=O) groups excluding carboxylic acids is 3. The second-order valence-electron chi connectivity index (χ2n) is 6.94. The first-order valence-electron chi connectivity index (χ1n) is 8.88. The fourth-order valence-corrected chi connectivity index (χ4v) is 4.16. The smallest absolute Gasteiger partial charge is 0.341 e. The van der Waals surface area contributed by atoms with Crippen molar-refractivity contribution in [2.75, 3.05) is 18.4 Å². The molecule has 7 nitrogen and oxygen atoms in total. The fourth-order valence-electron chi connectivity index (χ4n) is 3.10. The molecular weight excluding hydrogens is 354 g/mol. The van der Waals surface area contributed by atoms with E-state index in [-0.39, 0.29) is 29.0 Å². The molecule has 1 aliphatic heterocycles. The molecular formula is C18H27N3O4S. The van der Waals surface area contributed by atoms with Gasteiger partial charge in [0.25, 0.3) is 5.91 Å². The zero-order chi connectivity index (χ0) is 19.4. The van der Waals surface area contributed by atoms with Crippen molar-refractivity contribution in [3.05, 3.63) is 16.0 Å². The topological polar surface area (TPSA) is 102 Å². The van der Waals surface area contributed by atoms with E-state index in [4.69, 9.17) is 10.5 Å². The largest absolute Gasteiger partial charge is 0.459 e. The molecule has 26 heavy (non-hydrogen) atoms. The SMILES string of the molecule is Cc1c(C(N)=O)sc(NC(=O)CN2CCCC[C@H]2C)c1C(=O)OC(C)C. The molecule has 8 heteroatoms. The lowest BCUT2D eigenvalue weighted by atomic mass is 10.0. The number of ether oxygens (including phenoxy) is 1. The lowest BCUT2D eigenvalue weighted by Gasteiger charge is -2.32. The van der Waals surface area contributed by atoms with Crippen molar-refractivity contribution in [1.82, 2.24) is 4.90 Å². The van der Waals surface area contributed by atoms with Gasteiger partial charge in [0, 0.05) is 6.04 Å². The minimum absolute atomic E-state index is 0.206. The molecule has 0 saturated carbocycles. The van der Waals surface area contributed by atoms with Gasteiger partial charge in [-0.3, -0.25) is 14.5 Å². The van der Waals surface area contributed by atoms with Crippen LogP contribution in [0.15, 0.2) is 0 Å². The molecule has 2 amide bonds. The molecule has 1 fully saturated rings. The number of carbonyl (C=O) groups is 3. The Morgan fingerprint density at radius 2 is 2.04 bits per heavy atom. The number of nitrogens with one attached hydrogen (secondary N) is 1. The summed E-state index contributed by atoms with van der Waals surface area (Å²) in [5, 5.41) is 3.09. The highest BCUT2D eigenvalue weighted by atomic mass is 32.1. The molecule has 0 aromatic carbocycles. The predicted octanol–water partition coefficient (Wildman–Crippen LogP) is 2.53. The Morgan fingerprint density at radius 3 is 2.62 bits per heavy atom. The summed E-state index contributed by atoms with van der Waals surface area (Å²) in [7, 11) is 0. The third kappa shape index (κ3) is 4.82. The molecule has 0 spiro atoms. The third-order valence-electron chi connectivity index (χ3n) is 4.46. The molecule has 2 heterocycles. The van der Waals surface area contributed by atoms with Gasteiger partial charge in [-0.1, -0.05) is 6.42 Å². The molecule has 1 saturated heterocycles. The summed E-state index contributed by atoms with van der Waals surface area (Å²) in [4.78, 5) is 38.9. The van der Waals surface area contributed by atoms with E-state index < -0.39 is 11.9 Å². The number of thiophene rings is 1. The van der Waals surface area contributed by atoms with E-state index in [1.54, 1.807) is 20.8 Å². The second-order valence-corrected chi connectivity index (χ2v) is 7.96. The number of hydrogen-bond donors (Lipinski definition) is 2. The Balaban J connectivity index is 2.21. The van der Waals surface area contributed by atoms with Crippen molar-refractivity contribution in [2.24, 2.45) is 5.73 Å². The van der Waals surface area contributed by atoms with E-state index in [1.807, 2.05) is 0 Å². The highest BCUT2D eigenvalue weighted by Gasteiger charge is 2.27. The fraction of sp³-hybridized carbons (Fsp3) is 0.611. The number of nitrogens with two attached hydrogens (primary N) is 1. The number of nitrogens with zero attached hydrogens (tertiary/aromatic N) is 1. The van der Waals surface area contributed by atoms with Crippen molar-refractivity contribution >= 4 is 34.1 Å². The number of amides is 2. The highest BCUT2D eigenvalue weighted by Crippen LogP contribution is 2.33. The van der Waals surface area contributed by atoms with Gasteiger partial charge in [-0.2, -0.15) is 0 Å². The number of likely N-dealkylation sites (tertiary alicyclic amines) is 1. The van der Waals surface area contributed by atoms with Gasteiger partial charge >= 0.3 is 5.97 Å². The first kappa shape index (κ1) is 20.4. The zero-order valence-corrected chi connectivity index (χ0v) is 16.6. The normalized spacial score (nSPS) is 18.0. The Morgan fingerprint density at radius 1 is 1.35 bits per heavy atom. The Bertz CT molecular complexity index is 699. The zero-order valence-electron chi connectivity index (χ0n) is 15.8. The van der Waals surface area contributed by atoms with Gasteiger partial charge in [-0.05, 0) is 52.6 Å². The summed E-state index contributed by atoms with van der Waals surface area (Å²) in [5.41, 5.74) is 6.04. The van der Waals surface area contributed by atoms with Crippen LogP contribution in [0.1, 0.15) is 65.6 Å². The standard InChI is InChI=1S/C18H27N3O4S/c1-10(2)25-18(24)14-12(4)15(16(19)23)26-17(14)20-13(22)9-21-8-6-5-7-11(21)3/h10-11H,5-9H2,1-4H3,(H2,19,23)(H,20,22)/t11-/m1/s1. The van der Waals surface area contributed by atoms with Crippen molar-refractivity contribution in [3.63, 3.8) is 0 Å². The quantitative estimate of drug-likeness (QED) is 0.737. The monoisotopic (exact) mass is 381 g/mol. The van der Waals surface area contributed by atoms with Crippen LogP contribution in [0.2, 0.25) is 0 Å². The Labute approximate surface area is 157 Å². The minimum atomic E-state index is -0.628. The van der Waals surface area contributed by atoms with E-state index in [9.17, 15) is 14.4 Å². The summed E-state index contributed by atoms with van der Waals surface area (Å²) in [6, 6.07) is 0.353. The lowest BCUT2D eigenvalue weighted by molar-refractivity contribution is -0.118. The van der Waals surface area contributed by atoms with Crippen LogP contribution in [-0.2, 0) is 9.53 Å². The lowest BCUT2D eigenvalue weighted by Crippen LogP contribution is -2.42. The molecule has 144 valence electrons. The maximum absolute atomic E-state index is 12.5. The number of piperidine rings is 1. The summed E-state index contributed by atoms with van der Waals surface area (Å²) >= 11 is 1.01. The van der Waals surface area contributed by atoms with Crippen molar-refractivity contribution in [1.29, 1.82) is 0 Å². The van der Waals surface area contributed by atoms with Gasteiger partial charge in [0.1, 0.15) is 5.00 Å². The molecule has 0 radical (unpaired) electrons. The van der Waals surface area contributed by atoms with Gasteiger partial charge in [0.15, 0.2) is 0 Å². The predicted molar refractivity (Wildman–Crippen MR) is 102 cm³/mol. The number of hydrogen-bond acceptors (Lipinski definition) is 6. The Hall–Kier alpha value is -1.93. The van der Waals surface area contributed by atoms with Crippen molar-refractivity contribution in [2.45, 2.75) is 59.1 Å². The van der Waals surface area contributed by atoms with E-state index in [1.165, 1.54) is 6.42 Å². The maximum atomic E-state index is 12.5. The number of rotatable bonds is 6. The molecule has 1 aromatic heterocycles. The van der Waals surface area contributed by atoms with Crippen molar-refractivity contribution in [3.8, 4) is 0 Å². The summed E-state index contributed by atoms with van der Waals surface area (Å²) < 4.78 is 5.25. The van der Waals surface area contributed by atoms with E-state index in [0.717, 1.165) is 30.7 Å². The van der Waals surface area contributed by atoms with Crippen LogP contribution in [0.3, 0.4) is 0 Å². The maximum Gasteiger partial charge on any atom is 0.341 e. The highest BCUT2D eigenvalue weighted by molar-refractivity contribution is 7.18. The minimum Gasteiger partial charge on any atom is -0.459 e. The van der Waals surface area contributed by atoms with Crippen LogP contribution in [-0.4, -0.2) is 47.9 Å². The van der Waals surface area contributed by atoms with Gasteiger partial charge in [0.2, 0.25) is 5.91 Å². The first-order valence-corrected chi connectivity index (χ1v) is 9.70. The van der Waals surface area contributed by atoms with Crippen LogP contribution in [0.5, 0.6) is 0 Å². The van der Waals surface area contributed by atoms with E-state index >= 15 is 0 Å². The van der Waals surface area contributed by atoms with E-state index in [0.29, 0.717) is 16.6 Å². The molecule has 3 N–H and O–H groups in total. The van der Waals surface area contributed by atoms with Gasteiger partial charge in [0.05, 0.1) is 23.1 Å². The average Bonchev–Trinajstić information content (AvgIpc) is 2.85. The van der Waals surface area contributed by atoms with Gasteiger partial charge in [-0.25, -0.2) is 4.79 Å². The molecule has 0 unspecified atom stereocenters. The van der Waals surface area contributed by atoms with Crippen molar-refractivity contribution < 1.29 is 19.1 Å². The molecule has 1 aliphatic rings. The number of anilines is 1. The van der Waals surface area contributed by atoms with Crippen LogP contribution >= 0.6 is 11.3 Å². The number of esters is 1. The molecule has 2 rings (SSSR count). The molecule has 0 aliphatic carbocycles.